The van der Waals surface area contributed by atoms with Crippen LogP contribution in [-0.2, 0) is 6.54 Å². The summed E-state index contributed by atoms with van der Waals surface area (Å²) in [7, 11) is 0. The lowest BCUT2D eigenvalue weighted by Gasteiger charge is -2.13. The summed E-state index contributed by atoms with van der Waals surface area (Å²) in [5, 5.41) is 15.2. The highest BCUT2D eigenvalue weighted by Gasteiger charge is 2.10. The molecule has 2 rings (SSSR count). The Hall–Kier alpha value is -2.19. The minimum Gasteiger partial charge on any atom is -0.306 e. The lowest BCUT2D eigenvalue weighted by atomic mass is 10.1. The summed E-state index contributed by atoms with van der Waals surface area (Å²) in [6.07, 6.45) is 7.03. The molecule has 5 nitrogen and oxygen atoms in total. The highest BCUT2D eigenvalue weighted by Crippen LogP contribution is 2.07. The van der Waals surface area contributed by atoms with Crippen molar-refractivity contribution < 1.29 is 0 Å². The number of nitrogens with one attached hydrogen (secondary N) is 1. The number of para-hydroxylation sites is 1. The number of rotatable bonds is 6. The minimum atomic E-state index is 0.297. The van der Waals surface area contributed by atoms with Gasteiger partial charge >= 0.3 is 0 Å². The first-order valence-corrected chi connectivity index (χ1v) is 6.34. The second-order valence-corrected chi connectivity index (χ2v) is 4.24. The molecular formula is C14H17N5. The van der Waals surface area contributed by atoms with Crippen molar-refractivity contribution in [1.29, 1.82) is 0 Å². The fourth-order valence-electron chi connectivity index (χ4n) is 1.82. The molecule has 0 spiro atoms. The minimum absolute atomic E-state index is 0.297. The summed E-state index contributed by atoms with van der Waals surface area (Å²) in [5.74, 6) is 3.45. The Morgan fingerprint density at radius 3 is 2.84 bits per heavy atom. The van der Waals surface area contributed by atoms with Gasteiger partial charge < -0.3 is 5.32 Å². The number of terminal acetylenes is 1. The molecule has 0 fully saturated rings. The SMILES string of the molecule is C#CCC(CC)NCc1nnnn1-c1ccccc1. The van der Waals surface area contributed by atoms with Gasteiger partial charge in [0.05, 0.1) is 12.2 Å². The van der Waals surface area contributed by atoms with Crippen LogP contribution in [0.5, 0.6) is 0 Å². The van der Waals surface area contributed by atoms with Gasteiger partial charge in [-0.1, -0.05) is 25.1 Å². The van der Waals surface area contributed by atoms with Gasteiger partial charge in [-0.2, -0.15) is 4.68 Å². The van der Waals surface area contributed by atoms with Crippen LogP contribution in [0, 0.1) is 12.3 Å². The number of nitrogens with zero attached hydrogens (tertiary/aromatic N) is 4. The molecule has 1 atom stereocenters. The largest absolute Gasteiger partial charge is 0.306 e. The van der Waals surface area contributed by atoms with E-state index >= 15 is 0 Å². The summed E-state index contributed by atoms with van der Waals surface area (Å²) in [6.45, 7) is 2.71. The topological polar surface area (TPSA) is 55.6 Å². The lowest BCUT2D eigenvalue weighted by molar-refractivity contribution is 0.493. The van der Waals surface area contributed by atoms with E-state index in [1.807, 2.05) is 30.3 Å². The van der Waals surface area contributed by atoms with Crippen molar-refractivity contribution in [2.24, 2.45) is 0 Å². The zero-order chi connectivity index (χ0) is 13.5. The van der Waals surface area contributed by atoms with Crippen molar-refractivity contribution in [3.05, 3.63) is 36.2 Å². The maximum Gasteiger partial charge on any atom is 0.170 e. The van der Waals surface area contributed by atoms with E-state index in [0.717, 1.165) is 17.9 Å². The van der Waals surface area contributed by atoms with Gasteiger partial charge in [0.15, 0.2) is 5.82 Å². The molecule has 0 saturated carbocycles. The van der Waals surface area contributed by atoms with Gasteiger partial charge in [0.2, 0.25) is 0 Å². The van der Waals surface area contributed by atoms with E-state index in [0.29, 0.717) is 19.0 Å². The Labute approximate surface area is 113 Å². The van der Waals surface area contributed by atoms with Crippen molar-refractivity contribution in [2.75, 3.05) is 0 Å². The molecule has 2 aromatic rings. The van der Waals surface area contributed by atoms with Crippen LogP contribution >= 0.6 is 0 Å². The Balaban J connectivity index is 2.07. The van der Waals surface area contributed by atoms with E-state index in [1.54, 1.807) is 4.68 Å². The average Bonchev–Trinajstić information content (AvgIpc) is 2.93. The summed E-state index contributed by atoms with van der Waals surface area (Å²) < 4.78 is 1.73. The van der Waals surface area contributed by atoms with Crippen LogP contribution in [0.2, 0.25) is 0 Å². The predicted octanol–water partition coefficient (Wildman–Crippen LogP) is 1.55. The van der Waals surface area contributed by atoms with E-state index in [4.69, 9.17) is 6.42 Å². The molecule has 1 aromatic carbocycles. The van der Waals surface area contributed by atoms with Crippen LogP contribution in [0.15, 0.2) is 30.3 Å². The van der Waals surface area contributed by atoms with E-state index < -0.39 is 0 Å². The Morgan fingerprint density at radius 1 is 1.37 bits per heavy atom. The second-order valence-electron chi connectivity index (χ2n) is 4.24. The van der Waals surface area contributed by atoms with Gasteiger partial charge in [-0.3, -0.25) is 0 Å². The first-order valence-electron chi connectivity index (χ1n) is 6.34. The molecule has 0 saturated heterocycles. The van der Waals surface area contributed by atoms with Gasteiger partial charge in [-0.25, -0.2) is 0 Å². The van der Waals surface area contributed by atoms with Gasteiger partial charge in [0.1, 0.15) is 0 Å². The molecule has 0 aliphatic carbocycles. The number of aromatic nitrogens is 4. The Bertz CT molecular complexity index is 540. The third-order valence-electron chi connectivity index (χ3n) is 2.94. The highest BCUT2D eigenvalue weighted by atomic mass is 15.5. The van der Waals surface area contributed by atoms with E-state index in [-0.39, 0.29) is 0 Å². The molecule has 5 heteroatoms. The van der Waals surface area contributed by atoms with Crippen molar-refractivity contribution in [3.63, 3.8) is 0 Å². The van der Waals surface area contributed by atoms with Crippen LogP contribution < -0.4 is 5.32 Å². The van der Waals surface area contributed by atoms with Crippen molar-refractivity contribution in [3.8, 4) is 18.0 Å². The van der Waals surface area contributed by atoms with Crippen molar-refractivity contribution in [2.45, 2.75) is 32.4 Å². The normalized spacial score (nSPS) is 12.0. The van der Waals surface area contributed by atoms with Crippen LogP contribution in [0.3, 0.4) is 0 Å². The quantitative estimate of drug-likeness (QED) is 0.796. The van der Waals surface area contributed by atoms with Crippen LogP contribution in [0.4, 0.5) is 0 Å². The molecule has 98 valence electrons. The molecule has 1 heterocycles. The summed E-state index contributed by atoms with van der Waals surface area (Å²) in [4.78, 5) is 0. The Morgan fingerprint density at radius 2 is 2.16 bits per heavy atom. The first-order chi connectivity index (χ1) is 9.35. The third kappa shape index (κ3) is 3.39. The Kier molecular flexibility index (Phi) is 4.65. The maximum absolute atomic E-state index is 5.34. The molecule has 0 aliphatic heterocycles. The second kappa shape index (κ2) is 6.66. The smallest absolute Gasteiger partial charge is 0.170 e. The predicted molar refractivity (Wildman–Crippen MR) is 73.5 cm³/mol. The van der Waals surface area contributed by atoms with E-state index in [9.17, 15) is 0 Å². The van der Waals surface area contributed by atoms with Gasteiger partial charge in [-0.05, 0) is 29.0 Å². The number of benzene rings is 1. The van der Waals surface area contributed by atoms with Crippen LogP contribution in [-0.4, -0.2) is 26.2 Å². The molecular weight excluding hydrogens is 238 g/mol. The summed E-state index contributed by atoms with van der Waals surface area (Å²) in [5.41, 5.74) is 0.953. The van der Waals surface area contributed by atoms with Gasteiger partial charge in [-0.15, -0.1) is 17.4 Å². The summed E-state index contributed by atoms with van der Waals surface area (Å²) in [6, 6.07) is 10.1. The monoisotopic (exact) mass is 255 g/mol. The standard InChI is InChI=1S/C14H17N5/c1-3-8-12(4-2)15-11-14-16-17-18-19(14)13-9-6-5-7-10-13/h1,5-7,9-10,12,15H,4,8,11H2,2H3. The third-order valence-corrected chi connectivity index (χ3v) is 2.94. The number of hydrogen-bond donors (Lipinski definition) is 1. The lowest BCUT2D eigenvalue weighted by Crippen LogP contribution is -2.28. The fourth-order valence-corrected chi connectivity index (χ4v) is 1.82. The molecule has 0 aliphatic rings. The first kappa shape index (κ1) is 13.2. The average molecular weight is 255 g/mol. The molecule has 1 N–H and O–H groups in total. The van der Waals surface area contributed by atoms with Crippen molar-refractivity contribution in [1.82, 2.24) is 25.5 Å². The van der Waals surface area contributed by atoms with E-state index in [2.05, 4.69) is 33.7 Å². The molecule has 19 heavy (non-hydrogen) atoms. The number of hydrogen-bond acceptors (Lipinski definition) is 4. The fraction of sp³-hybridized carbons (Fsp3) is 0.357. The maximum atomic E-state index is 5.34. The summed E-state index contributed by atoms with van der Waals surface area (Å²) >= 11 is 0. The zero-order valence-electron chi connectivity index (χ0n) is 11.0. The molecule has 1 aromatic heterocycles. The van der Waals surface area contributed by atoms with Crippen LogP contribution in [0.25, 0.3) is 5.69 Å². The number of tetrazole rings is 1. The molecule has 0 amide bonds. The molecule has 0 radical (unpaired) electrons. The van der Waals surface area contributed by atoms with Gasteiger partial charge in [0, 0.05) is 12.5 Å². The van der Waals surface area contributed by atoms with Gasteiger partial charge in [0.25, 0.3) is 0 Å². The zero-order valence-corrected chi connectivity index (χ0v) is 11.0. The van der Waals surface area contributed by atoms with E-state index in [1.165, 1.54) is 0 Å². The van der Waals surface area contributed by atoms with Crippen molar-refractivity contribution >= 4 is 0 Å². The molecule has 0 bridgehead atoms. The molecule has 1 unspecified atom stereocenters. The van der Waals surface area contributed by atoms with Crippen LogP contribution in [0.1, 0.15) is 25.6 Å². The highest BCUT2D eigenvalue weighted by molar-refractivity contribution is 5.30.